The number of fused-ring (bicyclic) bond motifs is 7. The lowest BCUT2D eigenvalue weighted by molar-refractivity contribution is -0.176. The molecule has 2 aliphatic carbocycles. The maximum absolute atomic E-state index is 13.5. The average molecular weight is 725 g/mol. The smallest absolute Gasteiger partial charge is 0.338 e. The predicted molar refractivity (Wildman–Crippen MR) is 200 cm³/mol. The summed E-state index contributed by atoms with van der Waals surface area (Å²) in [6, 6.07) is 17.9. The molecule has 1 N–H and O–H groups in total. The number of hydrogen-bond acceptors (Lipinski definition) is 10. The van der Waals surface area contributed by atoms with Crippen molar-refractivity contribution in [3.8, 4) is 23.0 Å². The van der Waals surface area contributed by atoms with Crippen LogP contribution in [-0.4, -0.2) is 89.8 Å². The minimum Gasteiger partial charge on any atom is -0.497 e. The summed E-state index contributed by atoms with van der Waals surface area (Å²) < 4.78 is 39.1. The van der Waals surface area contributed by atoms with Gasteiger partial charge >= 0.3 is 11.9 Å². The van der Waals surface area contributed by atoms with Crippen LogP contribution < -0.4 is 18.9 Å². The number of carbonyl (C=O) groups is 2. The number of rotatable bonds is 8. The maximum Gasteiger partial charge on any atom is 0.338 e. The SMILES string of the molecule is C1=Cc2ccccc2C1.COC(=O)[C@H]1[C@H]2C[C@@H]3c4[nH]c5cc(OC)ccc5c4CCN3C[C@H]2C[C@@H](OC(=O)c2cc(OC)c(OC)c(OC)c2)[C@@H]1OC. The summed E-state index contributed by atoms with van der Waals surface area (Å²) in [6.45, 7) is 1.68. The summed E-state index contributed by atoms with van der Waals surface area (Å²) in [4.78, 5) is 33.1. The van der Waals surface area contributed by atoms with Gasteiger partial charge in [0, 0.05) is 42.9 Å². The van der Waals surface area contributed by atoms with Crippen LogP contribution in [0.25, 0.3) is 17.0 Å². The van der Waals surface area contributed by atoms with E-state index in [9.17, 15) is 9.59 Å². The van der Waals surface area contributed by atoms with Crippen molar-refractivity contribution in [2.75, 3.05) is 55.7 Å². The number of allylic oxidation sites excluding steroid dienone is 1. The molecule has 1 aromatic heterocycles. The Kier molecular flexibility index (Phi) is 10.7. The highest BCUT2D eigenvalue weighted by Gasteiger charge is 2.54. The van der Waals surface area contributed by atoms with E-state index in [2.05, 4.69) is 52.4 Å². The number of piperidine rings is 1. The molecule has 1 saturated carbocycles. The molecular formula is C42H48N2O9. The minimum absolute atomic E-state index is 0.0170. The molecule has 0 spiro atoms. The molecule has 53 heavy (non-hydrogen) atoms. The monoisotopic (exact) mass is 724 g/mol. The van der Waals surface area contributed by atoms with Crippen LogP contribution in [0.5, 0.6) is 23.0 Å². The third kappa shape index (κ3) is 6.84. The van der Waals surface area contributed by atoms with Crippen LogP contribution in [0, 0.1) is 17.8 Å². The molecule has 11 nitrogen and oxygen atoms in total. The van der Waals surface area contributed by atoms with Crippen LogP contribution >= 0.6 is 0 Å². The van der Waals surface area contributed by atoms with Crippen LogP contribution in [0.1, 0.15) is 51.6 Å². The van der Waals surface area contributed by atoms with Gasteiger partial charge in [0.1, 0.15) is 18.0 Å². The number of aromatic amines is 1. The Labute approximate surface area is 310 Å². The normalized spacial score (nSPS) is 24.0. The number of H-pyrrole nitrogens is 1. The first-order valence-electron chi connectivity index (χ1n) is 18.1. The van der Waals surface area contributed by atoms with Gasteiger partial charge in [0.15, 0.2) is 11.5 Å². The first-order chi connectivity index (χ1) is 25.8. The molecule has 3 aromatic carbocycles. The number of nitrogens with zero attached hydrogens (tertiary/aromatic N) is 1. The Morgan fingerprint density at radius 3 is 2.32 bits per heavy atom. The molecule has 280 valence electrons. The number of ether oxygens (including phenoxy) is 7. The van der Waals surface area contributed by atoms with Crippen molar-refractivity contribution >= 4 is 28.9 Å². The number of methoxy groups -OCH3 is 6. The molecule has 3 heterocycles. The topological polar surface area (TPSA) is 118 Å². The number of benzene rings is 3. The minimum atomic E-state index is -0.670. The molecule has 11 heteroatoms. The number of nitrogens with one attached hydrogen (secondary N) is 1. The maximum atomic E-state index is 13.5. The highest BCUT2D eigenvalue weighted by atomic mass is 16.6. The Bertz CT molecular complexity index is 1980. The summed E-state index contributed by atoms with van der Waals surface area (Å²) in [6.07, 6.45) is 6.42. The first-order valence-corrected chi connectivity index (χ1v) is 18.1. The second-order valence-electron chi connectivity index (χ2n) is 14.0. The molecule has 2 fully saturated rings. The van der Waals surface area contributed by atoms with Gasteiger partial charge in [-0.2, -0.15) is 0 Å². The van der Waals surface area contributed by atoms with Gasteiger partial charge in [0.05, 0.1) is 53.1 Å². The molecular weight excluding hydrogens is 676 g/mol. The van der Waals surface area contributed by atoms with E-state index in [0.29, 0.717) is 23.7 Å². The largest absolute Gasteiger partial charge is 0.497 e. The van der Waals surface area contributed by atoms with E-state index < -0.39 is 24.1 Å². The lowest BCUT2D eigenvalue weighted by atomic mass is 9.63. The van der Waals surface area contributed by atoms with E-state index in [1.54, 1.807) is 26.4 Å². The summed E-state index contributed by atoms with van der Waals surface area (Å²) >= 11 is 0. The Morgan fingerprint density at radius 2 is 1.64 bits per heavy atom. The second kappa shape index (κ2) is 15.5. The Hall–Kier alpha value is -5.00. The molecule has 6 atom stereocenters. The van der Waals surface area contributed by atoms with Crippen molar-refractivity contribution in [2.45, 2.75) is 43.9 Å². The molecule has 0 radical (unpaired) electrons. The second-order valence-corrected chi connectivity index (χ2v) is 14.0. The summed E-state index contributed by atoms with van der Waals surface area (Å²) in [7, 11) is 9.10. The van der Waals surface area contributed by atoms with Crippen molar-refractivity contribution < 1.29 is 42.7 Å². The molecule has 4 aromatic rings. The van der Waals surface area contributed by atoms with E-state index in [-0.39, 0.29) is 29.4 Å². The third-order valence-corrected chi connectivity index (χ3v) is 11.5. The van der Waals surface area contributed by atoms with Crippen LogP contribution in [0.4, 0.5) is 0 Å². The molecule has 0 bridgehead atoms. The lowest BCUT2D eigenvalue weighted by Gasteiger charge is -2.52. The van der Waals surface area contributed by atoms with Crippen molar-refractivity contribution in [3.63, 3.8) is 0 Å². The lowest BCUT2D eigenvalue weighted by Crippen LogP contribution is -2.58. The van der Waals surface area contributed by atoms with Gasteiger partial charge in [-0.05, 0) is 78.5 Å². The van der Waals surface area contributed by atoms with Crippen LogP contribution in [-0.2, 0) is 31.8 Å². The Morgan fingerprint density at radius 1 is 0.868 bits per heavy atom. The molecule has 8 rings (SSSR count). The van der Waals surface area contributed by atoms with Crippen LogP contribution in [0.3, 0.4) is 0 Å². The van der Waals surface area contributed by atoms with Gasteiger partial charge in [-0.3, -0.25) is 9.69 Å². The van der Waals surface area contributed by atoms with Crippen LogP contribution in [0.2, 0.25) is 0 Å². The highest BCUT2D eigenvalue weighted by Crippen LogP contribution is 2.51. The fourth-order valence-electron chi connectivity index (χ4n) is 8.96. The Balaban J connectivity index is 0.000000418. The first kappa shape index (κ1) is 36.4. The van der Waals surface area contributed by atoms with E-state index in [1.165, 1.54) is 56.2 Å². The fourth-order valence-corrected chi connectivity index (χ4v) is 8.96. The third-order valence-electron chi connectivity index (χ3n) is 11.5. The molecule has 4 aliphatic rings. The zero-order valence-electron chi connectivity index (χ0n) is 31.2. The quantitative estimate of drug-likeness (QED) is 0.204. The van der Waals surface area contributed by atoms with Gasteiger partial charge in [0.25, 0.3) is 0 Å². The van der Waals surface area contributed by atoms with Crippen molar-refractivity contribution in [3.05, 3.63) is 88.6 Å². The molecule has 2 aliphatic heterocycles. The predicted octanol–water partition coefficient (Wildman–Crippen LogP) is 6.43. The summed E-state index contributed by atoms with van der Waals surface area (Å²) in [5.74, 6) is 0.441. The summed E-state index contributed by atoms with van der Waals surface area (Å²) in [5.41, 5.74) is 6.67. The number of hydrogen-bond donors (Lipinski definition) is 1. The fraction of sp³-hybridized carbons (Fsp3) is 0.429. The van der Waals surface area contributed by atoms with Crippen molar-refractivity contribution in [1.82, 2.24) is 9.88 Å². The van der Waals surface area contributed by atoms with Gasteiger partial charge in [0.2, 0.25) is 5.75 Å². The molecule has 0 amide bonds. The zero-order chi connectivity index (χ0) is 37.2. The van der Waals surface area contributed by atoms with Crippen molar-refractivity contribution in [1.29, 1.82) is 0 Å². The van der Waals surface area contributed by atoms with E-state index in [0.717, 1.165) is 43.6 Å². The molecule has 1 saturated heterocycles. The van der Waals surface area contributed by atoms with Gasteiger partial charge in [-0.15, -0.1) is 0 Å². The van der Waals surface area contributed by atoms with Gasteiger partial charge < -0.3 is 38.1 Å². The van der Waals surface area contributed by atoms with E-state index >= 15 is 0 Å². The van der Waals surface area contributed by atoms with Crippen molar-refractivity contribution in [2.24, 2.45) is 17.8 Å². The number of esters is 2. The zero-order valence-corrected chi connectivity index (χ0v) is 31.2. The molecule has 0 unspecified atom stereocenters. The van der Waals surface area contributed by atoms with Gasteiger partial charge in [-0.25, -0.2) is 4.79 Å². The van der Waals surface area contributed by atoms with E-state index in [4.69, 9.17) is 33.2 Å². The highest BCUT2D eigenvalue weighted by molar-refractivity contribution is 5.91. The van der Waals surface area contributed by atoms with Crippen LogP contribution in [0.15, 0.2) is 60.7 Å². The van der Waals surface area contributed by atoms with E-state index in [1.807, 2.05) is 12.1 Å². The number of carbonyl (C=O) groups excluding carboxylic acids is 2. The average Bonchev–Trinajstić information content (AvgIpc) is 3.83. The van der Waals surface area contributed by atoms with Gasteiger partial charge in [-0.1, -0.05) is 36.4 Å². The number of aromatic nitrogens is 1. The standard InChI is InChI=1S/C33H40N2O9.C9H8/c1-38-19-7-8-20-21-9-10-35-16-18-13-27(44-32(36)17-11-25(39-2)30(41-4)26(12-17)40-3)31(42-5)28(33(37)43-6)22(18)15-24(35)29(21)34-23(20)14-19;1-2-5-9-7-3-6-8(9)4-1/h7-8,11-12,14,18,22,24,27-28,31,34H,9-10,13,15-16H2,1-6H3;1-6H,7H2/t18-,22+,24-,27-,28+,31+;/m1./s1. The summed E-state index contributed by atoms with van der Waals surface area (Å²) in [5, 5.41) is 1.21.